The van der Waals surface area contributed by atoms with E-state index < -0.39 is 0 Å². The summed E-state index contributed by atoms with van der Waals surface area (Å²) in [6.45, 7) is 6.21. The molecule has 1 rings (SSSR count). The molecule has 0 aromatic heterocycles. The Morgan fingerprint density at radius 3 is 2.64 bits per heavy atom. The van der Waals surface area contributed by atoms with Gasteiger partial charge in [-0.3, -0.25) is 4.79 Å². The van der Waals surface area contributed by atoms with Crippen molar-refractivity contribution < 1.29 is 9.53 Å². The van der Waals surface area contributed by atoms with E-state index in [1.807, 2.05) is 24.3 Å². The van der Waals surface area contributed by atoms with Crippen LogP contribution < -0.4 is 15.4 Å². The first-order valence-electron chi connectivity index (χ1n) is 7.60. The number of anilines is 1. The molecule has 0 aliphatic heterocycles. The second-order valence-electron chi connectivity index (χ2n) is 4.94. The summed E-state index contributed by atoms with van der Waals surface area (Å²) in [4.78, 5) is 11.7. The quantitative estimate of drug-likeness (QED) is 0.410. The van der Waals surface area contributed by atoms with E-state index in [1.165, 1.54) is 0 Å². The lowest BCUT2D eigenvalue weighted by molar-refractivity contribution is -0.119. The summed E-state index contributed by atoms with van der Waals surface area (Å²) in [6, 6.07) is 7.36. The highest BCUT2D eigenvalue weighted by atomic mass is 32.1. The summed E-state index contributed by atoms with van der Waals surface area (Å²) < 4.78 is 5.40. The number of ether oxygens (including phenoxy) is 1. The Balaban J connectivity index is 2.31. The first-order chi connectivity index (χ1) is 10.7. The number of hydrogen-bond donors (Lipinski definition) is 2. The van der Waals surface area contributed by atoms with Crippen LogP contribution in [-0.4, -0.2) is 17.6 Å². The molecule has 0 aliphatic carbocycles. The second kappa shape index (κ2) is 10.8. The molecular weight excluding hydrogens is 296 g/mol. The maximum absolute atomic E-state index is 11.7. The van der Waals surface area contributed by atoms with Crippen LogP contribution in [0.5, 0.6) is 5.75 Å². The number of amides is 1. The first-order valence-corrected chi connectivity index (χ1v) is 8.01. The Morgan fingerprint density at radius 2 is 2.00 bits per heavy atom. The molecule has 1 aromatic rings. The van der Waals surface area contributed by atoms with Gasteiger partial charge < -0.3 is 15.4 Å². The molecule has 0 saturated heterocycles. The molecule has 0 saturated carbocycles. The van der Waals surface area contributed by atoms with Crippen molar-refractivity contribution in [1.29, 1.82) is 0 Å². The molecule has 1 amide bonds. The van der Waals surface area contributed by atoms with Crippen molar-refractivity contribution in [3.8, 4) is 5.75 Å². The molecule has 0 fully saturated rings. The van der Waals surface area contributed by atoms with E-state index in [1.54, 1.807) is 6.08 Å². The van der Waals surface area contributed by atoms with Crippen LogP contribution in [0, 0.1) is 0 Å². The molecule has 1 aromatic carbocycles. The van der Waals surface area contributed by atoms with Gasteiger partial charge in [0.25, 0.3) is 0 Å². The number of nitrogens with one attached hydrogen (secondary N) is 2. The Kier molecular flexibility index (Phi) is 8.91. The lowest BCUT2D eigenvalue weighted by Gasteiger charge is -2.10. The highest BCUT2D eigenvalue weighted by molar-refractivity contribution is 7.80. The molecule has 0 unspecified atom stereocenters. The van der Waals surface area contributed by atoms with Crippen molar-refractivity contribution in [3.05, 3.63) is 36.9 Å². The summed E-state index contributed by atoms with van der Waals surface area (Å²) >= 11 is 5.13. The maximum atomic E-state index is 11.7. The van der Waals surface area contributed by atoms with E-state index in [2.05, 4.69) is 24.1 Å². The minimum Gasteiger partial charge on any atom is -0.490 e. The molecule has 0 heterocycles. The SMILES string of the molecule is C=CCOc1ccc(NC(=S)NC(=O)CCCCCC)cc1. The molecule has 0 radical (unpaired) electrons. The van der Waals surface area contributed by atoms with Crippen molar-refractivity contribution in [2.45, 2.75) is 39.0 Å². The zero-order valence-corrected chi connectivity index (χ0v) is 13.9. The number of benzene rings is 1. The molecule has 0 atom stereocenters. The lowest BCUT2D eigenvalue weighted by Crippen LogP contribution is -2.33. The highest BCUT2D eigenvalue weighted by Crippen LogP contribution is 2.15. The number of carbonyl (C=O) groups is 1. The summed E-state index contributed by atoms with van der Waals surface area (Å²) in [5.41, 5.74) is 0.808. The van der Waals surface area contributed by atoms with Crippen molar-refractivity contribution in [2.75, 3.05) is 11.9 Å². The first kappa shape index (κ1) is 18.2. The average molecular weight is 320 g/mol. The van der Waals surface area contributed by atoms with Crippen LogP contribution in [0.3, 0.4) is 0 Å². The van der Waals surface area contributed by atoms with E-state index in [4.69, 9.17) is 17.0 Å². The van der Waals surface area contributed by atoms with Gasteiger partial charge >= 0.3 is 0 Å². The van der Waals surface area contributed by atoms with Gasteiger partial charge in [-0.15, -0.1) is 0 Å². The van der Waals surface area contributed by atoms with E-state index in [0.717, 1.165) is 37.1 Å². The fourth-order valence-electron chi connectivity index (χ4n) is 1.85. The third kappa shape index (κ3) is 7.78. The molecular formula is C17H24N2O2S. The monoisotopic (exact) mass is 320 g/mol. The number of carbonyl (C=O) groups excluding carboxylic acids is 1. The lowest BCUT2D eigenvalue weighted by atomic mass is 10.1. The van der Waals surface area contributed by atoms with Gasteiger partial charge in [0.1, 0.15) is 12.4 Å². The molecule has 0 bridgehead atoms. The van der Waals surface area contributed by atoms with Crippen LogP contribution in [0.25, 0.3) is 0 Å². The van der Waals surface area contributed by atoms with Gasteiger partial charge in [-0.05, 0) is 42.9 Å². The van der Waals surface area contributed by atoms with Crippen LogP contribution >= 0.6 is 12.2 Å². The van der Waals surface area contributed by atoms with Gasteiger partial charge in [0.15, 0.2) is 5.11 Å². The van der Waals surface area contributed by atoms with E-state index in [-0.39, 0.29) is 5.91 Å². The number of unbranched alkanes of at least 4 members (excludes halogenated alkanes) is 3. The Morgan fingerprint density at radius 1 is 1.27 bits per heavy atom. The van der Waals surface area contributed by atoms with Crippen molar-refractivity contribution >= 4 is 28.9 Å². The second-order valence-corrected chi connectivity index (χ2v) is 5.35. The van der Waals surface area contributed by atoms with Crippen LogP contribution in [0.1, 0.15) is 39.0 Å². The topological polar surface area (TPSA) is 50.4 Å². The van der Waals surface area contributed by atoms with Gasteiger partial charge in [0.05, 0.1) is 0 Å². The molecule has 4 nitrogen and oxygen atoms in total. The molecule has 5 heteroatoms. The zero-order chi connectivity index (χ0) is 16.2. The fraction of sp³-hybridized carbons (Fsp3) is 0.412. The molecule has 0 aliphatic rings. The summed E-state index contributed by atoms with van der Waals surface area (Å²) in [6.07, 6.45) is 6.51. The Labute approximate surface area is 137 Å². The van der Waals surface area contributed by atoms with Crippen LogP contribution in [-0.2, 0) is 4.79 Å². The summed E-state index contributed by atoms with van der Waals surface area (Å²) in [7, 11) is 0. The van der Waals surface area contributed by atoms with Crippen LogP contribution in [0.15, 0.2) is 36.9 Å². The van der Waals surface area contributed by atoms with E-state index in [0.29, 0.717) is 18.1 Å². The molecule has 2 N–H and O–H groups in total. The normalized spacial score (nSPS) is 9.86. The van der Waals surface area contributed by atoms with E-state index >= 15 is 0 Å². The third-order valence-corrected chi connectivity index (χ3v) is 3.19. The predicted octanol–water partition coefficient (Wildman–Crippen LogP) is 4.03. The van der Waals surface area contributed by atoms with Crippen molar-refractivity contribution in [2.24, 2.45) is 0 Å². The van der Waals surface area contributed by atoms with Crippen molar-refractivity contribution in [1.82, 2.24) is 5.32 Å². The standard InChI is InChI=1S/C17H24N2O2S/c1-3-5-6-7-8-16(20)19-17(22)18-14-9-11-15(12-10-14)21-13-4-2/h4,9-12H,2-3,5-8,13H2,1H3,(H2,18,19,20,22). The van der Waals surface area contributed by atoms with Gasteiger partial charge in [-0.1, -0.05) is 38.8 Å². The summed E-state index contributed by atoms with van der Waals surface area (Å²) in [5.74, 6) is 0.718. The summed E-state index contributed by atoms with van der Waals surface area (Å²) in [5, 5.41) is 5.99. The maximum Gasteiger partial charge on any atom is 0.226 e. The minimum absolute atomic E-state index is 0.0421. The zero-order valence-electron chi connectivity index (χ0n) is 13.1. The smallest absolute Gasteiger partial charge is 0.226 e. The predicted molar refractivity (Wildman–Crippen MR) is 95.3 cm³/mol. The number of thiocarbonyl (C=S) groups is 1. The largest absolute Gasteiger partial charge is 0.490 e. The number of rotatable bonds is 9. The van der Waals surface area contributed by atoms with Gasteiger partial charge in [-0.2, -0.15) is 0 Å². The van der Waals surface area contributed by atoms with Crippen LogP contribution in [0.4, 0.5) is 5.69 Å². The fourth-order valence-corrected chi connectivity index (χ4v) is 2.09. The average Bonchev–Trinajstić information content (AvgIpc) is 2.51. The van der Waals surface area contributed by atoms with Gasteiger partial charge in [0, 0.05) is 12.1 Å². The molecule has 22 heavy (non-hydrogen) atoms. The van der Waals surface area contributed by atoms with Gasteiger partial charge in [0.2, 0.25) is 5.91 Å². The van der Waals surface area contributed by atoms with Crippen LogP contribution in [0.2, 0.25) is 0 Å². The third-order valence-electron chi connectivity index (χ3n) is 2.99. The Hall–Kier alpha value is -1.88. The highest BCUT2D eigenvalue weighted by Gasteiger charge is 2.04. The number of hydrogen-bond acceptors (Lipinski definition) is 3. The van der Waals surface area contributed by atoms with Gasteiger partial charge in [-0.25, -0.2) is 0 Å². The van der Waals surface area contributed by atoms with E-state index in [9.17, 15) is 4.79 Å². The van der Waals surface area contributed by atoms with Crippen molar-refractivity contribution in [3.63, 3.8) is 0 Å². The minimum atomic E-state index is -0.0421. The Bertz CT molecular complexity index is 486. The molecule has 0 spiro atoms. The molecule has 120 valence electrons.